The number of carbonyl (C=O) groups is 1. The summed E-state index contributed by atoms with van der Waals surface area (Å²) < 4.78 is 44.6. The van der Waals surface area contributed by atoms with E-state index in [1.54, 1.807) is 12.4 Å². The van der Waals surface area contributed by atoms with Gasteiger partial charge < -0.3 is 4.74 Å². The van der Waals surface area contributed by atoms with Gasteiger partial charge >= 0.3 is 12.1 Å². The number of allylic oxidation sites excluding steroid dienone is 1. The summed E-state index contributed by atoms with van der Waals surface area (Å²) in [5.74, 6) is 5.91. The molecule has 4 nitrogen and oxygen atoms in total. The number of likely N-dealkylation sites (tertiary alicyclic amines) is 1. The van der Waals surface area contributed by atoms with Crippen LogP contribution < -0.4 is 0 Å². The zero-order valence-electron chi connectivity index (χ0n) is 18.0. The van der Waals surface area contributed by atoms with Crippen LogP contribution in [0.4, 0.5) is 13.2 Å². The monoisotopic (exact) mass is 442 g/mol. The van der Waals surface area contributed by atoms with Crippen molar-refractivity contribution in [3.05, 3.63) is 77.6 Å². The largest absolute Gasteiger partial charge is 0.462 e. The maximum Gasteiger partial charge on any atom is 0.416 e. The van der Waals surface area contributed by atoms with Gasteiger partial charge in [0.15, 0.2) is 0 Å². The zero-order chi connectivity index (χ0) is 23.3. The lowest BCUT2D eigenvalue weighted by molar-refractivity contribution is -0.150. The summed E-state index contributed by atoms with van der Waals surface area (Å²) in [6, 6.07) is 8.26. The minimum absolute atomic E-state index is 0.292. The van der Waals surface area contributed by atoms with Crippen molar-refractivity contribution in [1.29, 1.82) is 0 Å². The first-order valence-electron chi connectivity index (χ1n) is 10.3. The van der Waals surface area contributed by atoms with E-state index in [0.717, 1.165) is 17.7 Å². The van der Waals surface area contributed by atoms with Crippen LogP contribution in [-0.2, 0) is 15.7 Å². The second kappa shape index (κ2) is 10.0. The molecule has 0 saturated carbocycles. The Morgan fingerprint density at radius 2 is 1.97 bits per heavy atom. The Kier molecular flexibility index (Phi) is 7.37. The summed E-state index contributed by atoms with van der Waals surface area (Å²) >= 11 is 0. The van der Waals surface area contributed by atoms with Gasteiger partial charge in [-0.1, -0.05) is 36.6 Å². The van der Waals surface area contributed by atoms with Crippen LogP contribution in [0.1, 0.15) is 55.5 Å². The molecule has 1 aromatic carbocycles. The van der Waals surface area contributed by atoms with Gasteiger partial charge in [-0.05, 0) is 48.2 Å². The molecule has 0 spiro atoms. The number of rotatable bonds is 4. The van der Waals surface area contributed by atoms with E-state index >= 15 is 0 Å². The number of carbonyl (C=O) groups excluding carboxylic acids is 1. The van der Waals surface area contributed by atoms with E-state index in [1.807, 2.05) is 19.1 Å². The van der Waals surface area contributed by atoms with Gasteiger partial charge in [-0.15, -0.1) is 0 Å². The number of nitrogens with zero attached hydrogens (tertiary/aromatic N) is 2. The van der Waals surface area contributed by atoms with Crippen LogP contribution in [-0.4, -0.2) is 28.5 Å². The van der Waals surface area contributed by atoms with Gasteiger partial charge in [0.1, 0.15) is 6.10 Å². The number of alkyl halides is 3. The van der Waals surface area contributed by atoms with Crippen molar-refractivity contribution in [3.63, 3.8) is 0 Å². The van der Waals surface area contributed by atoms with Crippen LogP contribution in [0.5, 0.6) is 0 Å². The van der Waals surface area contributed by atoms with Crippen LogP contribution in [0, 0.1) is 11.8 Å². The van der Waals surface area contributed by atoms with Gasteiger partial charge in [0.2, 0.25) is 0 Å². The number of halogens is 3. The van der Waals surface area contributed by atoms with E-state index < -0.39 is 11.7 Å². The Hall–Kier alpha value is -3.11. The van der Waals surface area contributed by atoms with Gasteiger partial charge in [0.05, 0.1) is 11.6 Å². The number of esters is 1. The standard InChI is InChI=1S/C25H25F3N2O2/c1-17(2)6-11-23(20-5-4-13-29-16-20)30-14-12-22(32-18(3)31)15-24(30)19-7-9-21(10-8-19)25(26,27)28/h4-5,7-10,13,16,22-24H,1,12,14-15H2,2-3H3/t22-,23-,24+/m1/s1. The normalized spacial score (nSPS) is 20.0. The lowest BCUT2D eigenvalue weighted by Crippen LogP contribution is -2.42. The molecule has 1 aliphatic rings. The van der Waals surface area contributed by atoms with E-state index in [9.17, 15) is 18.0 Å². The molecule has 0 amide bonds. The number of ether oxygens (including phenoxy) is 1. The van der Waals surface area contributed by atoms with Crippen LogP contribution >= 0.6 is 0 Å². The van der Waals surface area contributed by atoms with Crippen molar-refractivity contribution < 1.29 is 22.7 Å². The average molecular weight is 442 g/mol. The molecule has 1 saturated heterocycles. The minimum Gasteiger partial charge on any atom is -0.462 e. The Morgan fingerprint density at radius 1 is 1.25 bits per heavy atom. The number of pyridine rings is 1. The van der Waals surface area contributed by atoms with E-state index in [2.05, 4.69) is 28.3 Å². The number of piperidine rings is 1. The van der Waals surface area contributed by atoms with Crippen molar-refractivity contribution in [3.8, 4) is 11.8 Å². The third kappa shape index (κ3) is 5.98. The third-order valence-electron chi connectivity index (χ3n) is 5.31. The summed E-state index contributed by atoms with van der Waals surface area (Å²) in [6.45, 7) is 7.57. The predicted molar refractivity (Wildman–Crippen MR) is 115 cm³/mol. The molecular weight excluding hydrogens is 417 g/mol. The molecule has 0 N–H and O–H groups in total. The molecule has 2 heterocycles. The topological polar surface area (TPSA) is 42.4 Å². The van der Waals surface area contributed by atoms with Crippen LogP contribution in [0.3, 0.4) is 0 Å². The molecule has 32 heavy (non-hydrogen) atoms. The highest BCUT2D eigenvalue weighted by Crippen LogP contribution is 2.39. The summed E-state index contributed by atoms with van der Waals surface area (Å²) in [7, 11) is 0. The fourth-order valence-corrected chi connectivity index (χ4v) is 3.91. The number of aromatic nitrogens is 1. The summed E-state index contributed by atoms with van der Waals surface area (Å²) in [5.41, 5.74) is 1.59. The molecule has 1 aromatic heterocycles. The first kappa shape index (κ1) is 23.6. The smallest absolute Gasteiger partial charge is 0.416 e. The number of hydrogen-bond acceptors (Lipinski definition) is 4. The van der Waals surface area contributed by atoms with Gasteiger partial charge in [-0.2, -0.15) is 13.2 Å². The molecule has 3 atom stereocenters. The molecule has 1 fully saturated rings. The summed E-state index contributed by atoms with van der Waals surface area (Å²) in [4.78, 5) is 17.9. The molecule has 3 rings (SSSR count). The molecule has 0 bridgehead atoms. The van der Waals surface area contributed by atoms with Crippen LogP contribution in [0.2, 0.25) is 0 Å². The fourth-order valence-electron chi connectivity index (χ4n) is 3.91. The first-order chi connectivity index (χ1) is 15.1. The molecule has 0 radical (unpaired) electrons. The van der Waals surface area contributed by atoms with Crippen molar-refractivity contribution in [2.45, 2.75) is 51.1 Å². The number of hydrogen-bond donors (Lipinski definition) is 0. The van der Waals surface area contributed by atoms with E-state index in [-0.39, 0.29) is 24.2 Å². The second-order valence-corrected chi connectivity index (χ2v) is 7.87. The Labute approximate surface area is 186 Å². The van der Waals surface area contributed by atoms with Gasteiger partial charge in [0, 0.05) is 38.3 Å². The van der Waals surface area contributed by atoms with Gasteiger partial charge in [0.25, 0.3) is 0 Å². The average Bonchev–Trinajstić information content (AvgIpc) is 2.74. The molecule has 2 aromatic rings. The highest BCUT2D eigenvalue weighted by molar-refractivity contribution is 5.66. The van der Waals surface area contributed by atoms with E-state index in [1.165, 1.54) is 19.1 Å². The highest BCUT2D eigenvalue weighted by Gasteiger charge is 2.36. The van der Waals surface area contributed by atoms with Crippen molar-refractivity contribution in [2.24, 2.45) is 0 Å². The minimum atomic E-state index is -4.41. The second-order valence-electron chi connectivity index (χ2n) is 7.87. The predicted octanol–water partition coefficient (Wildman–Crippen LogP) is 5.49. The van der Waals surface area contributed by atoms with Gasteiger partial charge in [-0.25, -0.2) is 0 Å². The summed E-state index contributed by atoms with van der Waals surface area (Å²) in [6.07, 6.45) is -0.262. The molecular formula is C25H25F3N2O2. The van der Waals surface area contributed by atoms with Crippen molar-refractivity contribution in [1.82, 2.24) is 9.88 Å². The first-order valence-corrected chi connectivity index (χ1v) is 10.3. The fraction of sp³-hybridized carbons (Fsp3) is 0.360. The molecule has 1 aliphatic heterocycles. The molecule has 168 valence electrons. The van der Waals surface area contributed by atoms with Crippen LogP contribution in [0.15, 0.2) is 60.9 Å². The van der Waals surface area contributed by atoms with Crippen LogP contribution in [0.25, 0.3) is 0 Å². The lowest BCUT2D eigenvalue weighted by atomic mass is 9.90. The number of benzene rings is 1. The maximum atomic E-state index is 13.1. The lowest BCUT2D eigenvalue weighted by Gasteiger charge is -2.42. The van der Waals surface area contributed by atoms with E-state index in [4.69, 9.17) is 4.74 Å². The molecule has 7 heteroatoms. The van der Waals surface area contributed by atoms with Crippen molar-refractivity contribution in [2.75, 3.05) is 6.54 Å². The van der Waals surface area contributed by atoms with Crippen molar-refractivity contribution >= 4 is 5.97 Å². The maximum absolute atomic E-state index is 13.1. The van der Waals surface area contributed by atoms with E-state index in [0.29, 0.717) is 30.5 Å². The summed E-state index contributed by atoms with van der Waals surface area (Å²) in [5, 5.41) is 0. The quantitative estimate of drug-likeness (QED) is 0.464. The highest BCUT2D eigenvalue weighted by atomic mass is 19.4. The van der Waals surface area contributed by atoms with Gasteiger partial charge in [-0.3, -0.25) is 14.7 Å². The zero-order valence-corrected chi connectivity index (χ0v) is 18.0. The SMILES string of the molecule is C=C(C)C#C[C@H](c1cccnc1)N1CC[C@@H](OC(C)=O)C[C@H]1c1ccc(C(F)(F)F)cc1. The molecule has 0 unspecified atom stereocenters. The Balaban J connectivity index is 2.01. The Bertz CT molecular complexity index is 1010. The third-order valence-corrected chi connectivity index (χ3v) is 5.31. The molecule has 0 aliphatic carbocycles. The Morgan fingerprint density at radius 3 is 2.53 bits per heavy atom.